The van der Waals surface area contributed by atoms with Crippen molar-refractivity contribution in [1.29, 1.82) is 0 Å². The van der Waals surface area contributed by atoms with Crippen LogP contribution in [0.4, 0.5) is 0 Å². The number of hydrogen-bond donors (Lipinski definition) is 2. The molecule has 1 aromatic carbocycles. The van der Waals surface area contributed by atoms with E-state index in [9.17, 15) is 15.0 Å². The lowest BCUT2D eigenvalue weighted by molar-refractivity contribution is 0.0649. The minimum atomic E-state index is -1.13. The summed E-state index contributed by atoms with van der Waals surface area (Å²) in [7, 11) is 1.50. The average Bonchev–Trinajstić information content (AvgIpc) is 2.25. The number of ketones is 1. The molecule has 82 valence electrons. The SMILES string of the molecule is COCCC(O)C(=O)c1ccccc1O. The number of aromatic hydroxyl groups is 1. The second-order valence-electron chi connectivity index (χ2n) is 3.18. The van der Waals surface area contributed by atoms with Gasteiger partial charge in [-0.1, -0.05) is 12.1 Å². The standard InChI is InChI=1S/C11H14O4/c1-15-7-6-10(13)11(14)8-4-2-3-5-9(8)12/h2-5,10,12-13H,6-7H2,1H3. The molecule has 1 rings (SSSR count). The zero-order chi connectivity index (χ0) is 11.3. The van der Waals surface area contributed by atoms with Crippen molar-refractivity contribution in [2.45, 2.75) is 12.5 Å². The molecule has 1 atom stereocenters. The molecular weight excluding hydrogens is 196 g/mol. The fraction of sp³-hybridized carbons (Fsp3) is 0.364. The zero-order valence-corrected chi connectivity index (χ0v) is 8.51. The lowest BCUT2D eigenvalue weighted by atomic mass is 10.0. The number of benzene rings is 1. The molecule has 0 aliphatic rings. The fourth-order valence-corrected chi connectivity index (χ4v) is 1.22. The molecule has 0 aliphatic carbocycles. The fourth-order valence-electron chi connectivity index (χ4n) is 1.22. The molecule has 0 fully saturated rings. The highest BCUT2D eigenvalue weighted by molar-refractivity contribution is 6.01. The molecular formula is C11H14O4. The van der Waals surface area contributed by atoms with E-state index in [-0.39, 0.29) is 17.7 Å². The van der Waals surface area contributed by atoms with E-state index in [1.807, 2.05) is 0 Å². The van der Waals surface area contributed by atoms with Crippen molar-refractivity contribution in [3.8, 4) is 5.75 Å². The van der Waals surface area contributed by atoms with Gasteiger partial charge in [0.15, 0.2) is 5.78 Å². The average molecular weight is 210 g/mol. The second-order valence-corrected chi connectivity index (χ2v) is 3.18. The van der Waals surface area contributed by atoms with E-state index in [1.165, 1.54) is 19.2 Å². The Morgan fingerprint density at radius 2 is 2.13 bits per heavy atom. The molecule has 0 radical (unpaired) electrons. The molecule has 0 amide bonds. The van der Waals surface area contributed by atoms with Crippen LogP contribution in [0.1, 0.15) is 16.8 Å². The maximum atomic E-state index is 11.6. The van der Waals surface area contributed by atoms with Crippen molar-refractivity contribution in [1.82, 2.24) is 0 Å². The number of ether oxygens (including phenoxy) is 1. The molecule has 15 heavy (non-hydrogen) atoms. The van der Waals surface area contributed by atoms with Gasteiger partial charge < -0.3 is 14.9 Å². The summed E-state index contributed by atoms with van der Waals surface area (Å²) in [5, 5.41) is 18.9. The highest BCUT2D eigenvalue weighted by Crippen LogP contribution is 2.18. The number of aliphatic hydroxyl groups excluding tert-OH is 1. The third-order valence-corrected chi connectivity index (χ3v) is 2.07. The molecule has 1 unspecified atom stereocenters. The summed E-state index contributed by atoms with van der Waals surface area (Å²) in [6, 6.07) is 6.15. The number of phenolic OH excluding ortho intramolecular Hbond substituents is 1. The van der Waals surface area contributed by atoms with Crippen LogP contribution in [0.3, 0.4) is 0 Å². The van der Waals surface area contributed by atoms with Crippen molar-refractivity contribution in [3.05, 3.63) is 29.8 Å². The van der Waals surface area contributed by atoms with E-state index < -0.39 is 11.9 Å². The molecule has 0 saturated carbocycles. The highest BCUT2D eigenvalue weighted by atomic mass is 16.5. The van der Waals surface area contributed by atoms with E-state index in [4.69, 9.17) is 4.74 Å². The van der Waals surface area contributed by atoms with Gasteiger partial charge in [-0.25, -0.2) is 0 Å². The molecule has 0 heterocycles. The van der Waals surface area contributed by atoms with Crippen molar-refractivity contribution < 1.29 is 19.7 Å². The number of hydrogen-bond acceptors (Lipinski definition) is 4. The summed E-state index contributed by atoms with van der Waals surface area (Å²) >= 11 is 0. The van der Waals surface area contributed by atoms with Gasteiger partial charge in [0.2, 0.25) is 0 Å². The molecule has 4 heteroatoms. The molecule has 0 saturated heterocycles. The summed E-state index contributed by atoms with van der Waals surface area (Å²) in [6.45, 7) is 0.306. The molecule has 2 N–H and O–H groups in total. The third-order valence-electron chi connectivity index (χ3n) is 2.07. The summed E-state index contributed by atoms with van der Waals surface area (Å²) in [6.07, 6.45) is -0.901. The maximum absolute atomic E-state index is 11.6. The number of rotatable bonds is 5. The smallest absolute Gasteiger partial charge is 0.195 e. The van der Waals surface area contributed by atoms with Crippen LogP contribution in [0.15, 0.2) is 24.3 Å². The van der Waals surface area contributed by atoms with Crippen LogP contribution in [0.5, 0.6) is 5.75 Å². The first kappa shape index (κ1) is 11.7. The Labute approximate surface area is 88.1 Å². The van der Waals surface area contributed by atoms with E-state index >= 15 is 0 Å². The van der Waals surface area contributed by atoms with Crippen molar-refractivity contribution in [2.75, 3.05) is 13.7 Å². The van der Waals surface area contributed by atoms with E-state index in [1.54, 1.807) is 12.1 Å². The first-order chi connectivity index (χ1) is 7.16. The summed E-state index contributed by atoms with van der Waals surface area (Å²) in [4.78, 5) is 11.6. The Hall–Kier alpha value is -1.39. The van der Waals surface area contributed by atoms with Crippen molar-refractivity contribution >= 4 is 5.78 Å². The third kappa shape index (κ3) is 3.04. The number of carbonyl (C=O) groups is 1. The summed E-state index contributed by atoms with van der Waals surface area (Å²) in [5.74, 6) is -0.593. The first-order valence-electron chi connectivity index (χ1n) is 4.66. The van der Waals surface area contributed by atoms with E-state index in [0.717, 1.165) is 0 Å². The van der Waals surface area contributed by atoms with Crippen molar-refractivity contribution in [2.24, 2.45) is 0 Å². The van der Waals surface area contributed by atoms with Gasteiger partial charge in [-0.15, -0.1) is 0 Å². The monoisotopic (exact) mass is 210 g/mol. The summed E-state index contributed by atoms with van der Waals surface area (Å²) < 4.78 is 4.75. The van der Waals surface area contributed by atoms with Crippen LogP contribution in [0, 0.1) is 0 Å². The van der Waals surface area contributed by atoms with Gasteiger partial charge in [0.1, 0.15) is 11.9 Å². The van der Waals surface area contributed by atoms with Gasteiger partial charge in [-0.05, 0) is 12.1 Å². The van der Waals surface area contributed by atoms with Gasteiger partial charge in [0, 0.05) is 20.1 Å². The highest BCUT2D eigenvalue weighted by Gasteiger charge is 2.19. The maximum Gasteiger partial charge on any atom is 0.195 e. The van der Waals surface area contributed by atoms with E-state index in [2.05, 4.69) is 0 Å². The Bertz CT molecular complexity index is 335. The summed E-state index contributed by atoms with van der Waals surface area (Å²) in [5.41, 5.74) is 0.140. The Balaban J connectivity index is 2.72. The normalized spacial score (nSPS) is 12.4. The molecule has 4 nitrogen and oxygen atoms in total. The Morgan fingerprint density at radius 1 is 1.47 bits per heavy atom. The topological polar surface area (TPSA) is 66.8 Å². The van der Waals surface area contributed by atoms with Gasteiger partial charge >= 0.3 is 0 Å². The van der Waals surface area contributed by atoms with Gasteiger partial charge in [-0.2, -0.15) is 0 Å². The minimum absolute atomic E-state index is 0.112. The molecule has 0 spiro atoms. The van der Waals surface area contributed by atoms with Crippen LogP contribution in [0.25, 0.3) is 0 Å². The molecule has 0 bridgehead atoms. The molecule has 0 aliphatic heterocycles. The van der Waals surface area contributed by atoms with Gasteiger partial charge in [0.25, 0.3) is 0 Å². The molecule has 1 aromatic rings. The number of para-hydroxylation sites is 1. The number of phenols is 1. The molecule has 0 aromatic heterocycles. The number of aliphatic hydroxyl groups is 1. The van der Waals surface area contributed by atoms with E-state index in [0.29, 0.717) is 6.61 Å². The van der Waals surface area contributed by atoms with Crippen LogP contribution in [-0.4, -0.2) is 35.8 Å². The van der Waals surface area contributed by atoms with Gasteiger partial charge in [0.05, 0.1) is 5.56 Å². The van der Waals surface area contributed by atoms with Crippen LogP contribution >= 0.6 is 0 Å². The minimum Gasteiger partial charge on any atom is -0.507 e. The lowest BCUT2D eigenvalue weighted by Gasteiger charge is -2.09. The van der Waals surface area contributed by atoms with Gasteiger partial charge in [-0.3, -0.25) is 4.79 Å². The lowest BCUT2D eigenvalue weighted by Crippen LogP contribution is -2.22. The van der Waals surface area contributed by atoms with Crippen LogP contribution in [-0.2, 0) is 4.74 Å². The first-order valence-corrected chi connectivity index (χ1v) is 4.66. The van der Waals surface area contributed by atoms with Crippen LogP contribution in [0.2, 0.25) is 0 Å². The predicted octanol–water partition coefficient (Wildman–Crippen LogP) is 0.972. The zero-order valence-electron chi connectivity index (χ0n) is 8.51. The number of Topliss-reactive ketones (excluding diaryl/α,β-unsaturated/α-hetero) is 1. The number of methoxy groups -OCH3 is 1. The largest absolute Gasteiger partial charge is 0.507 e. The Kier molecular flexibility index (Phi) is 4.27. The predicted molar refractivity (Wildman–Crippen MR) is 54.9 cm³/mol. The Morgan fingerprint density at radius 3 is 2.73 bits per heavy atom. The van der Waals surface area contributed by atoms with Crippen molar-refractivity contribution in [3.63, 3.8) is 0 Å². The second kappa shape index (κ2) is 5.48. The number of carbonyl (C=O) groups excluding carboxylic acids is 1. The van der Waals surface area contributed by atoms with Crippen LogP contribution < -0.4 is 0 Å². The quantitative estimate of drug-likeness (QED) is 0.711.